The van der Waals surface area contributed by atoms with Gasteiger partial charge in [0.25, 0.3) is 0 Å². The van der Waals surface area contributed by atoms with E-state index in [1.54, 1.807) is 13.8 Å². The van der Waals surface area contributed by atoms with Gasteiger partial charge in [0.05, 0.1) is 57.2 Å². The topological polar surface area (TPSA) is 92.3 Å². The minimum absolute atomic E-state index is 0.238. The number of hydrogen-bond donors (Lipinski definition) is 1. The molecule has 37 heavy (non-hydrogen) atoms. The molecular weight excluding hydrogens is 474 g/mol. The zero-order valence-electron chi connectivity index (χ0n) is 21.6. The Labute approximate surface area is 217 Å². The maximum atomic E-state index is 13.0. The second-order valence-electron chi connectivity index (χ2n) is 9.06. The molecule has 0 unspecified atom stereocenters. The van der Waals surface area contributed by atoms with E-state index in [0.29, 0.717) is 35.8 Å². The number of allylic oxidation sites excluding steroid dienone is 2. The Morgan fingerprint density at radius 3 is 1.78 bits per heavy atom. The molecule has 0 bridgehead atoms. The number of nitrogens with one attached hydrogen (secondary N) is 1. The van der Waals surface area contributed by atoms with E-state index >= 15 is 0 Å². The maximum absolute atomic E-state index is 13.0. The van der Waals surface area contributed by atoms with Crippen LogP contribution in [0.25, 0.3) is 0 Å². The van der Waals surface area contributed by atoms with E-state index in [4.69, 9.17) is 23.7 Å². The summed E-state index contributed by atoms with van der Waals surface area (Å²) in [6, 6.07) is 19.6. The fraction of sp³-hybridized carbons (Fsp3) is 0.379. The van der Waals surface area contributed by atoms with Crippen LogP contribution in [0, 0.1) is 5.92 Å². The number of benzene rings is 2. The lowest BCUT2D eigenvalue weighted by Gasteiger charge is -2.35. The summed E-state index contributed by atoms with van der Waals surface area (Å²) in [7, 11) is 2.63. The summed E-state index contributed by atoms with van der Waals surface area (Å²) < 4.78 is 29.2. The molecule has 0 saturated carbocycles. The zero-order valence-corrected chi connectivity index (χ0v) is 21.6. The highest BCUT2D eigenvalue weighted by molar-refractivity contribution is 5.98. The number of rotatable bonds is 9. The molecule has 0 aromatic heterocycles. The van der Waals surface area contributed by atoms with Crippen LogP contribution in [-0.4, -0.2) is 51.1 Å². The summed E-state index contributed by atoms with van der Waals surface area (Å²) in [5.74, 6) is -1.88. The predicted octanol–water partition coefficient (Wildman–Crippen LogP) is 3.67. The number of carbonyl (C=O) groups excluding carboxylic acids is 2. The molecule has 0 spiro atoms. The third kappa shape index (κ3) is 5.93. The maximum Gasteiger partial charge on any atom is 0.336 e. The molecule has 2 aliphatic heterocycles. The molecule has 0 aliphatic carbocycles. The molecule has 2 aromatic rings. The van der Waals surface area contributed by atoms with Gasteiger partial charge >= 0.3 is 11.9 Å². The van der Waals surface area contributed by atoms with Crippen molar-refractivity contribution in [2.75, 3.05) is 20.8 Å². The van der Waals surface area contributed by atoms with E-state index in [-0.39, 0.29) is 6.61 Å². The number of hydrogen-bond acceptors (Lipinski definition) is 8. The Balaban J connectivity index is 1.69. The van der Waals surface area contributed by atoms with Crippen molar-refractivity contribution in [2.24, 2.45) is 5.92 Å². The highest BCUT2D eigenvalue weighted by Crippen LogP contribution is 2.40. The molecule has 0 amide bonds. The summed E-state index contributed by atoms with van der Waals surface area (Å²) in [5, 5.41) is 3.12. The summed E-state index contributed by atoms with van der Waals surface area (Å²) in [5.41, 5.74) is 3.78. The van der Waals surface area contributed by atoms with Crippen LogP contribution in [0.4, 0.5) is 0 Å². The molecule has 2 heterocycles. The first kappa shape index (κ1) is 26.6. The van der Waals surface area contributed by atoms with Crippen molar-refractivity contribution in [1.29, 1.82) is 0 Å². The van der Waals surface area contributed by atoms with E-state index < -0.39 is 36.2 Å². The highest BCUT2D eigenvalue weighted by atomic mass is 16.6. The molecule has 1 fully saturated rings. The largest absolute Gasteiger partial charge is 0.466 e. The third-order valence-corrected chi connectivity index (χ3v) is 6.68. The fourth-order valence-electron chi connectivity index (χ4n) is 4.92. The van der Waals surface area contributed by atoms with Crippen molar-refractivity contribution in [3.63, 3.8) is 0 Å². The van der Waals surface area contributed by atoms with Crippen LogP contribution in [-0.2, 0) is 46.5 Å². The van der Waals surface area contributed by atoms with Crippen molar-refractivity contribution >= 4 is 11.9 Å². The van der Waals surface area contributed by atoms with Gasteiger partial charge in [0, 0.05) is 11.4 Å². The van der Waals surface area contributed by atoms with Crippen LogP contribution in [0.15, 0.2) is 83.2 Å². The molecule has 3 atom stereocenters. The second kappa shape index (κ2) is 12.2. The Morgan fingerprint density at radius 2 is 1.30 bits per heavy atom. The lowest BCUT2D eigenvalue weighted by atomic mass is 9.79. The van der Waals surface area contributed by atoms with Crippen LogP contribution < -0.4 is 5.32 Å². The Kier molecular flexibility index (Phi) is 8.76. The lowest BCUT2D eigenvalue weighted by molar-refractivity contribution is -0.139. The first-order valence-electron chi connectivity index (χ1n) is 12.2. The van der Waals surface area contributed by atoms with Crippen molar-refractivity contribution in [3.05, 3.63) is 94.3 Å². The van der Waals surface area contributed by atoms with Gasteiger partial charge in [-0.2, -0.15) is 0 Å². The molecular formula is C29H33NO7. The molecule has 1 N–H and O–H groups in total. The zero-order chi connectivity index (χ0) is 26.4. The number of esters is 2. The lowest BCUT2D eigenvalue weighted by Crippen LogP contribution is -2.45. The molecule has 196 valence electrons. The molecule has 2 aromatic carbocycles. The normalized spacial score (nSPS) is 22.1. The Morgan fingerprint density at radius 1 is 0.811 bits per heavy atom. The number of carbonyl (C=O) groups is 2. The molecule has 1 saturated heterocycles. The number of dihydropyridines is 1. The van der Waals surface area contributed by atoms with Crippen LogP contribution in [0.1, 0.15) is 25.0 Å². The average Bonchev–Trinajstić information content (AvgIpc) is 3.33. The second-order valence-corrected chi connectivity index (χ2v) is 9.06. The molecule has 8 heteroatoms. The molecule has 4 rings (SSSR count). The van der Waals surface area contributed by atoms with Crippen LogP contribution >= 0.6 is 0 Å². The van der Waals surface area contributed by atoms with Gasteiger partial charge in [0.2, 0.25) is 0 Å². The minimum Gasteiger partial charge on any atom is -0.466 e. The van der Waals surface area contributed by atoms with Crippen LogP contribution in [0.3, 0.4) is 0 Å². The monoisotopic (exact) mass is 507 g/mol. The summed E-state index contributed by atoms with van der Waals surface area (Å²) in [6.45, 7) is 4.47. The summed E-state index contributed by atoms with van der Waals surface area (Å²) >= 11 is 0. The van der Waals surface area contributed by atoms with Gasteiger partial charge in [-0.15, -0.1) is 0 Å². The average molecular weight is 508 g/mol. The van der Waals surface area contributed by atoms with Gasteiger partial charge in [-0.1, -0.05) is 60.7 Å². The SMILES string of the molecule is COC(=O)C1=C(C)NC(C)=C(C(=O)OC)C1[C@@H]1OC[C@H](OCc2ccccc2)[C@H]1OCc1ccccc1. The number of methoxy groups -OCH3 is 2. The molecule has 0 radical (unpaired) electrons. The van der Waals surface area contributed by atoms with Gasteiger partial charge < -0.3 is 29.0 Å². The van der Waals surface area contributed by atoms with Crippen LogP contribution in [0.2, 0.25) is 0 Å². The Hall–Kier alpha value is -3.46. The summed E-state index contributed by atoms with van der Waals surface area (Å²) in [6.07, 6.45) is -1.70. The fourth-order valence-corrected chi connectivity index (χ4v) is 4.92. The summed E-state index contributed by atoms with van der Waals surface area (Å²) in [4.78, 5) is 25.9. The smallest absolute Gasteiger partial charge is 0.336 e. The van der Waals surface area contributed by atoms with Gasteiger partial charge in [-0.3, -0.25) is 0 Å². The molecule has 8 nitrogen and oxygen atoms in total. The van der Waals surface area contributed by atoms with E-state index in [2.05, 4.69) is 5.32 Å². The number of ether oxygens (including phenoxy) is 5. The minimum atomic E-state index is -0.771. The van der Waals surface area contributed by atoms with Crippen molar-refractivity contribution < 1.29 is 33.3 Å². The first-order chi connectivity index (χ1) is 17.9. The van der Waals surface area contributed by atoms with Gasteiger partial charge in [0.1, 0.15) is 12.2 Å². The standard InChI is InChI=1S/C29H33NO7/c1-18-23(28(31)33-3)25(24(19(2)30-18)29(32)34-4)27-26(36-16-21-13-9-6-10-14-21)22(17-37-27)35-15-20-11-7-5-8-12-20/h5-14,22,25-27,30H,15-17H2,1-4H3/t22-,26+,27-/m0/s1. The van der Waals surface area contributed by atoms with Crippen molar-refractivity contribution in [2.45, 2.75) is 45.4 Å². The van der Waals surface area contributed by atoms with Crippen molar-refractivity contribution in [3.8, 4) is 0 Å². The van der Waals surface area contributed by atoms with E-state index in [1.165, 1.54) is 14.2 Å². The first-order valence-corrected chi connectivity index (χ1v) is 12.2. The Bertz CT molecular complexity index is 1120. The van der Waals surface area contributed by atoms with E-state index in [9.17, 15) is 9.59 Å². The van der Waals surface area contributed by atoms with Gasteiger partial charge in [-0.25, -0.2) is 9.59 Å². The predicted molar refractivity (Wildman–Crippen MR) is 136 cm³/mol. The highest BCUT2D eigenvalue weighted by Gasteiger charge is 2.50. The van der Waals surface area contributed by atoms with Crippen LogP contribution in [0.5, 0.6) is 0 Å². The van der Waals surface area contributed by atoms with E-state index in [0.717, 1.165) is 11.1 Å². The van der Waals surface area contributed by atoms with Gasteiger partial charge in [-0.05, 0) is 25.0 Å². The van der Waals surface area contributed by atoms with Crippen molar-refractivity contribution in [1.82, 2.24) is 5.32 Å². The van der Waals surface area contributed by atoms with Gasteiger partial charge in [0.15, 0.2) is 0 Å². The molecule has 2 aliphatic rings. The van der Waals surface area contributed by atoms with E-state index in [1.807, 2.05) is 60.7 Å². The quantitative estimate of drug-likeness (QED) is 0.514. The third-order valence-electron chi connectivity index (χ3n) is 6.68.